The van der Waals surface area contributed by atoms with E-state index in [1.54, 1.807) is 6.92 Å². The molecule has 0 spiro atoms. The topological polar surface area (TPSA) is 227 Å². The van der Waals surface area contributed by atoms with Crippen LogP contribution in [0.5, 0.6) is 0 Å². The number of H-pyrrole nitrogens is 2. The highest BCUT2D eigenvalue weighted by molar-refractivity contribution is 5.85. The van der Waals surface area contributed by atoms with Gasteiger partial charge in [0.15, 0.2) is 0 Å². The number of para-hydroxylation sites is 2. The van der Waals surface area contributed by atoms with E-state index in [1.807, 2.05) is 60.9 Å². The number of aromatic amines is 2. The predicted octanol–water partition coefficient (Wildman–Crippen LogP) is 1.06. The summed E-state index contributed by atoms with van der Waals surface area (Å²) in [6, 6.07) is 13.3. The molecule has 3 atom stereocenters. The van der Waals surface area contributed by atoms with Crippen molar-refractivity contribution in [1.29, 1.82) is 0 Å². The minimum Gasteiger partial charge on any atom is -0.480 e. The van der Waals surface area contributed by atoms with E-state index in [4.69, 9.17) is 27.4 Å². The summed E-state index contributed by atoms with van der Waals surface area (Å²) >= 11 is 0. The van der Waals surface area contributed by atoms with E-state index in [-0.39, 0.29) is 0 Å². The summed E-state index contributed by atoms with van der Waals surface area (Å²) in [5.74, 6) is -2.41. The summed E-state index contributed by atoms with van der Waals surface area (Å²) in [4.78, 5) is 37.2. The van der Waals surface area contributed by atoms with Gasteiger partial charge in [0, 0.05) is 47.0 Å². The molecule has 0 saturated carbocycles. The molecule has 1 amide bonds. The molecule has 12 N–H and O–H groups in total. The van der Waals surface area contributed by atoms with Crippen molar-refractivity contribution in [1.82, 2.24) is 9.97 Å². The molecule has 0 aliphatic carbocycles. The maximum absolute atomic E-state index is 10.6. The molecule has 0 aliphatic heterocycles. The summed E-state index contributed by atoms with van der Waals surface area (Å²) in [5.41, 5.74) is 24.5. The lowest BCUT2D eigenvalue weighted by Crippen LogP contribution is -2.32. The lowest BCUT2D eigenvalue weighted by Gasteiger charge is -2.04. The van der Waals surface area contributed by atoms with Gasteiger partial charge in [-0.25, -0.2) is 0 Å². The number of fused-ring (bicyclic) bond motifs is 2. The van der Waals surface area contributed by atoms with Crippen molar-refractivity contribution in [3.63, 3.8) is 0 Å². The maximum Gasteiger partial charge on any atom is 0.320 e. The van der Waals surface area contributed by atoms with Crippen LogP contribution in [0.1, 0.15) is 18.1 Å². The summed E-state index contributed by atoms with van der Waals surface area (Å²) in [6.07, 6.45) is 4.32. The maximum atomic E-state index is 10.6. The van der Waals surface area contributed by atoms with Crippen LogP contribution in [0.3, 0.4) is 0 Å². The van der Waals surface area contributed by atoms with Gasteiger partial charge in [-0.1, -0.05) is 36.4 Å². The minimum absolute atomic E-state index is 0.347. The van der Waals surface area contributed by atoms with E-state index in [1.165, 1.54) is 0 Å². The van der Waals surface area contributed by atoms with Gasteiger partial charge in [0.1, 0.15) is 12.1 Å². The van der Waals surface area contributed by atoms with Crippen molar-refractivity contribution >= 4 is 39.7 Å². The van der Waals surface area contributed by atoms with Gasteiger partial charge < -0.3 is 43.1 Å². The molecule has 0 bridgehead atoms. The number of nitrogens with two attached hydrogens (primary N) is 4. The van der Waals surface area contributed by atoms with E-state index in [9.17, 15) is 14.4 Å². The van der Waals surface area contributed by atoms with Crippen molar-refractivity contribution in [2.24, 2.45) is 22.9 Å². The van der Waals surface area contributed by atoms with E-state index < -0.39 is 36.0 Å². The van der Waals surface area contributed by atoms with Crippen molar-refractivity contribution < 1.29 is 24.6 Å². The lowest BCUT2D eigenvalue weighted by molar-refractivity contribution is -0.139. The van der Waals surface area contributed by atoms with Crippen LogP contribution in [0.2, 0.25) is 0 Å². The molecule has 11 nitrogen and oxygen atoms in total. The molecule has 4 rings (SSSR count). The summed E-state index contributed by atoms with van der Waals surface area (Å²) in [6.45, 7) is 1.54. The van der Waals surface area contributed by atoms with Crippen LogP contribution in [0.15, 0.2) is 60.9 Å². The largest absolute Gasteiger partial charge is 0.480 e. The van der Waals surface area contributed by atoms with Crippen molar-refractivity contribution in [2.45, 2.75) is 37.9 Å². The van der Waals surface area contributed by atoms with Gasteiger partial charge in [0.05, 0.1) is 6.04 Å². The van der Waals surface area contributed by atoms with Crippen LogP contribution in [0.4, 0.5) is 0 Å². The normalized spacial score (nSPS) is 13.0. The first-order chi connectivity index (χ1) is 17.0. The van der Waals surface area contributed by atoms with E-state index in [0.717, 1.165) is 32.9 Å². The van der Waals surface area contributed by atoms with E-state index >= 15 is 0 Å². The molecule has 2 aromatic carbocycles. The Balaban J connectivity index is 0.000000208. The molecule has 11 heteroatoms. The summed E-state index contributed by atoms with van der Waals surface area (Å²) in [7, 11) is 0. The van der Waals surface area contributed by atoms with Crippen molar-refractivity contribution in [3.8, 4) is 0 Å². The second-order valence-electron chi connectivity index (χ2n) is 8.21. The molecule has 0 fully saturated rings. The third-order valence-corrected chi connectivity index (χ3v) is 5.31. The van der Waals surface area contributed by atoms with Crippen molar-refractivity contribution in [2.75, 3.05) is 0 Å². The Hall–Kier alpha value is -4.19. The number of primary amides is 1. The lowest BCUT2D eigenvalue weighted by atomic mass is 10.1. The Bertz CT molecular complexity index is 1220. The minimum atomic E-state index is -0.972. The molecule has 0 saturated heterocycles. The number of rotatable bonds is 7. The Labute approximate surface area is 207 Å². The van der Waals surface area contributed by atoms with Gasteiger partial charge in [-0.05, 0) is 30.2 Å². The smallest absolute Gasteiger partial charge is 0.320 e. The fourth-order valence-electron chi connectivity index (χ4n) is 3.25. The third-order valence-electron chi connectivity index (χ3n) is 5.31. The van der Waals surface area contributed by atoms with Crippen molar-refractivity contribution in [3.05, 3.63) is 72.1 Å². The molecular formula is C25H32N6O5. The van der Waals surface area contributed by atoms with Gasteiger partial charge in [-0.3, -0.25) is 14.4 Å². The Morgan fingerprint density at radius 1 is 0.750 bits per heavy atom. The molecule has 0 radical (unpaired) electrons. The molecule has 2 heterocycles. The number of hydrogen-bond donors (Lipinski definition) is 8. The highest BCUT2D eigenvalue weighted by atomic mass is 16.4. The summed E-state index contributed by atoms with van der Waals surface area (Å²) in [5, 5.41) is 19.5. The van der Waals surface area contributed by atoms with Gasteiger partial charge in [-0.2, -0.15) is 0 Å². The quantitative estimate of drug-likeness (QED) is 0.184. The molecule has 1 unspecified atom stereocenters. The average Bonchev–Trinajstić information content (AvgIpc) is 3.44. The highest BCUT2D eigenvalue weighted by Crippen LogP contribution is 2.19. The van der Waals surface area contributed by atoms with Crippen LogP contribution < -0.4 is 22.9 Å². The number of hydrogen-bond acceptors (Lipinski definition) is 6. The van der Waals surface area contributed by atoms with Crippen LogP contribution in [0, 0.1) is 0 Å². The molecule has 4 aromatic rings. The average molecular weight is 497 g/mol. The number of carboxylic acids is 2. The monoisotopic (exact) mass is 496 g/mol. The Kier molecular flexibility index (Phi) is 10.2. The zero-order chi connectivity index (χ0) is 26.8. The van der Waals surface area contributed by atoms with Gasteiger partial charge in [0.25, 0.3) is 0 Å². The first-order valence-electron chi connectivity index (χ1n) is 11.1. The van der Waals surface area contributed by atoms with E-state index in [2.05, 4.69) is 15.7 Å². The first kappa shape index (κ1) is 28.1. The number of benzene rings is 2. The fraction of sp³-hybridized carbons (Fsp3) is 0.240. The third kappa shape index (κ3) is 7.94. The first-order valence-corrected chi connectivity index (χ1v) is 11.1. The molecular weight excluding hydrogens is 464 g/mol. The molecule has 0 aliphatic rings. The number of nitrogens with one attached hydrogen (secondary N) is 2. The summed E-state index contributed by atoms with van der Waals surface area (Å²) < 4.78 is 0. The van der Waals surface area contributed by atoms with Gasteiger partial charge >= 0.3 is 11.9 Å². The fourth-order valence-corrected chi connectivity index (χ4v) is 3.25. The number of aromatic nitrogens is 2. The Morgan fingerprint density at radius 3 is 1.39 bits per heavy atom. The molecule has 192 valence electrons. The van der Waals surface area contributed by atoms with Crippen LogP contribution >= 0.6 is 0 Å². The predicted molar refractivity (Wildman–Crippen MR) is 138 cm³/mol. The van der Waals surface area contributed by atoms with Gasteiger partial charge in [0.2, 0.25) is 5.91 Å². The number of carbonyl (C=O) groups excluding carboxylic acids is 1. The van der Waals surface area contributed by atoms with Gasteiger partial charge in [-0.15, -0.1) is 0 Å². The number of carboxylic acid groups (broad SMARTS) is 2. The van der Waals surface area contributed by atoms with Crippen LogP contribution in [0.25, 0.3) is 21.8 Å². The highest BCUT2D eigenvalue weighted by Gasteiger charge is 2.15. The van der Waals surface area contributed by atoms with E-state index in [0.29, 0.717) is 12.8 Å². The number of carbonyl (C=O) groups is 3. The van der Waals surface area contributed by atoms with Crippen LogP contribution in [-0.4, -0.2) is 56.2 Å². The zero-order valence-electron chi connectivity index (χ0n) is 19.8. The number of amides is 1. The number of aliphatic carboxylic acids is 2. The molecule has 36 heavy (non-hydrogen) atoms. The second kappa shape index (κ2) is 13.0. The van der Waals surface area contributed by atoms with Crippen LogP contribution in [-0.2, 0) is 27.2 Å². The Morgan fingerprint density at radius 2 is 1.08 bits per heavy atom. The zero-order valence-corrected chi connectivity index (χ0v) is 19.8. The SMILES string of the molecule is C[C@H](N)C(N)=O.NC(Cc1c[nH]c2ccccc12)C(=O)O.N[C@@H](Cc1c[nH]c2ccccc12)C(=O)O. The molecule has 2 aromatic heterocycles. The standard InChI is InChI=1S/2C11H12N2O2.C3H8N2O/c2*12-9(11(14)15)5-7-6-13-10-4-2-1-3-8(7)10;1-2(4)3(5)6/h2*1-4,6,9,13H,5,12H2,(H,14,15);2H,4H2,1H3,(H2,5,6)/t9-;;2-/m0.0/s1. The second-order valence-corrected chi connectivity index (χ2v) is 8.21.